The maximum Gasteiger partial charge on any atom is 0.255 e. The van der Waals surface area contributed by atoms with Crippen molar-refractivity contribution in [2.45, 2.75) is 19.3 Å². The molecule has 0 aliphatic carbocycles. The predicted molar refractivity (Wildman–Crippen MR) is 102 cm³/mol. The first kappa shape index (κ1) is 17.7. The minimum atomic E-state index is 0.0991. The zero-order valence-electron chi connectivity index (χ0n) is 13.9. The van der Waals surface area contributed by atoms with Crippen molar-refractivity contribution in [1.82, 2.24) is 14.7 Å². The maximum atomic E-state index is 12.6. The molecule has 0 aromatic heterocycles. The maximum absolute atomic E-state index is 12.6. The molecule has 24 heavy (non-hydrogen) atoms. The van der Waals surface area contributed by atoms with Gasteiger partial charge in [-0.2, -0.15) is 0 Å². The molecule has 2 fully saturated rings. The van der Waals surface area contributed by atoms with E-state index in [0.29, 0.717) is 19.6 Å². The van der Waals surface area contributed by atoms with Crippen molar-refractivity contribution in [3.05, 3.63) is 33.4 Å². The Hall–Kier alpha value is -1.15. The lowest BCUT2D eigenvalue weighted by Crippen LogP contribution is -2.52. The topological polar surface area (TPSA) is 43.9 Å². The van der Waals surface area contributed by atoms with E-state index in [-0.39, 0.29) is 11.8 Å². The van der Waals surface area contributed by atoms with Crippen LogP contribution in [-0.2, 0) is 4.79 Å². The van der Waals surface area contributed by atoms with E-state index < -0.39 is 0 Å². The molecule has 0 N–H and O–H groups in total. The third-order valence-electron chi connectivity index (χ3n) is 4.83. The lowest BCUT2D eigenvalue weighted by molar-refractivity contribution is -0.133. The van der Waals surface area contributed by atoms with Crippen molar-refractivity contribution in [2.75, 3.05) is 45.8 Å². The van der Waals surface area contributed by atoms with Crippen LogP contribution in [0.4, 0.5) is 0 Å². The van der Waals surface area contributed by atoms with Crippen LogP contribution < -0.4 is 0 Å². The summed E-state index contributed by atoms with van der Waals surface area (Å²) in [5.74, 6) is 0.342. The fourth-order valence-electron chi connectivity index (χ4n) is 3.35. The summed E-state index contributed by atoms with van der Waals surface area (Å²) in [6.07, 6.45) is 3.50. The number of piperazine rings is 1. The summed E-state index contributed by atoms with van der Waals surface area (Å²) >= 11 is 2.21. The Morgan fingerprint density at radius 2 is 1.54 bits per heavy atom. The van der Waals surface area contributed by atoms with E-state index in [1.54, 1.807) is 0 Å². The quantitative estimate of drug-likeness (QED) is 0.675. The monoisotopic (exact) mass is 441 g/mol. The van der Waals surface area contributed by atoms with Crippen molar-refractivity contribution in [3.8, 4) is 0 Å². The second-order valence-electron chi connectivity index (χ2n) is 6.49. The van der Waals surface area contributed by atoms with Crippen LogP contribution in [0.1, 0.15) is 29.6 Å². The average molecular weight is 441 g/mol. The van der Waals surface area contributed by atoms with E-state index in [1.165, 1.54) is 6.42 Å². The van der Waals surface area contributed by atoms with E-state index in [1.807, 2.05) is 34.1 Å². The molecule has 2 heterocycles. The Bertz CT molecular complexity index is 594. The second-order valence-corrected chi connectivity index (χ2v) is 7.65. The molecule has 0 atom stereocenters. The third kappa shape index (κ3) is 4.27. The summed E-state index contributed by atoms with van der Waals surface area (Å²) in [7, 11) is 0. The van der Waals surface area contributed by atoms with E-state index >= 15 is 0 Å². The van der Waals surface area contributed by atoms with Gasteiger partial charge in [0.25, 0.3) is 5.91 Å². The largest absolute Gasteiger partial charge is 0.342 e. The normalized spacial score (nSPS) is 19.4. The minimum Gasteiger partial charge on any atom is -0.342 e. The molecule has 1 aromatic rings. The van der Waals surface area contributed by atoms with Gasteiger partial charge in [0.05, 0.1) is 12.1 Å². The Labute approximate surface area is 157 Å². The van der Waals surface area contributed by atoms with Crippen LogP contribution in [0.15, 0.2) is 24.3 Å². The molecule has 0 spiro atoms. The SMILES string of the molecule is O=C(CN1CCN(C(=O)c2ccccc2I)CC1)N1CCCCC1. The number of hydrogen-bond donors (Lipinski definition) is 0. The van der Waals surface area contributed by atoms with Crippen molar-refractivity contribution in [3.63, 3.8) is 0 Å². The van der Waals surface area contributed by atoms with Crippen LogP contribution in [0.5, 0.6) is 0 Å². The summed E-state index contributed by atoms with van der Waals surface area (Å²) in [6, 6.07) is 7.70. The molecular weight excluding hydrogens is 417 g/mol. The van der Waals surface area contributed by atoms with Crippen LogP contribution in [-0.4, -0.2) is 72.3 Å². The summed E-state index contributed by atoms with van der Waals surface area (Å²) < 4.78 is 0.989. The van der Waals surface area contributed by atoms with Gasteiger partial charge >= 0.3 is 0 Å². The highest BCUT2D eigenvalue weighted by molar-refractivity contribution is 14.1. The number of benzene rings is 1. The minimum absolute atomic E-state index is 0.0991. The number of piperidine rings is 1. The molecule has 6 heteroatoms. The molecule has 3 rings (SSSR count). The third-order valence-corrected chi connectivity index (χ3v) is 5.77. The molecule has 0 saturated carbocycles. The van der Waals surface area contributed by atoms with Gasteiger partial charge in [0.2, 0.25) is 5.91 Å². The fraction of sp³-hybridized carbons (Fsp3) is 0.556. The Morgan fingerprint density at radius 1 is 0.875 bits per heavy atom. The Morgan fingerprint density at radius 3 is 2.21 bits per heavy atom. The summed E-state index contributed by atoms with van der Waals surface area (Å²) in [4.78, 5) is 31.0. The number of rotatable bonds is 3. The molecule has 0 unspecified atom stereocenters. The Kier molecular flexibility index (Phi) is 6.10. The van der Waals surface area contributed by atoms with Gasteiger partial charge in [0.15, 0.2) is 0 Å². The van der Waals surface area contributed by atoms with Gasteiger partial charge in [-0.3, -0.25) is 14.5 Å². The van der Waals surface area contributed by atoms with E-state index in [4.69, 9.17) is 0 Å². The fourth-order valence-corrected chi connectivity index (χ4v) is 3.97. The van der Waals surface area contributed by atoms with Crippen LogP contribution in [0, 0.1) is 3.57 Å². The number of carbonyl (C=O) groups excluding carboxylic acids is 2. The summed E-state index contributed by atoms with van der Waals surface area (Å²) in [5, 5.41) is 0. The first-order valence-corrected chi connectivity index (χ1v) is 9.77. The van der Waals surface area contributed by atoms with Gasteiger partial charge in [-0.25, -0.2) is 0 Å². The van der Waals surface area contributed by atoms with Gasteiger partial charge in [0.1, 0.15) is 0 Å². The number of halogens is 1. The summed E-state index contributed by atoms with van der Waals surface area (Å²) in [5.41, 5.74) is 0.774. The Balaban J connectivity index is 1.49. The van der Waals surface area contributed by atoms with Gasteiger partial charge in [-0.05, 0) is 54.0 Å². The van der Waals surface area contributed by atoms with Crippen molar-refractivity contribution in [1.29, 1.82) is 0 Å². The predicted octanol–water partition coefficient (Wildman–Crippen LogP) is 2.06. The molecule has 2 aliphatic rings. The van der Waals surface area contributed by atoms with Crippen LogP contribution >= 0.6 is 22.6 Å². The van der Waals surface area contributed by atoms with Crippen molar-refractivity contribution < 1.29 is 9.59 Å². The standard InChI is InChI=1S/C18H24IN3O2/c19-16-7-3-2-6-15(16)18(24)22-12-10-20(11-13-22)14-17(23)21-8-4-1-5-9-21/h2-3,6-7H,1,4-5,8-14H2. The van der Waals surface area contributed by atoms with Gasteiger partial charge in [-0.1, -0.05) is 12.1 Å². The molecule has 0 bridgehead atoms. The van der Waals surface area contributed by atoms with Gasteiger partial charge in [0, 0.05) is 42.8 Å². The zero-order valence-corrected chi connectivity index (χ0v) is 16.1. The van der Waals surface area contributed by atoms with Crippen LogP contribution in [0.25, 0.3) is 0 Å². The van der Waals surface area contributed by atoms with Gasteiger partial charge in [-0.15, -0.1) is 0 Å². The molecule has 0 radical (unpaired) electrons. The number of hydrogen-bond acceptors (Lipinski definition) is 3. The lowest BCUT2D eigenvalue weighted by atomic mass is 10.1. The highest BCUT2D eigenvalue weighted by atomic mass is 127. The summed E-state index contributed by atoms with van der Waals surface area (Å²) in [6.45, 7) is 5.23. The van der Waals surface area contributed by atoms with Crippen molar-refractivity contribution >= 4 is 34.4 Å². The average Bonchev–Trinajstić information content (AvgIpc) is 2.63. The molecule has 130 valence electrons. The highest BCUT2D eigenvalue weighted by Crippen LogP contribution is 2.16. The molecule has 1 aromatic carbocycles. The highest BCUT2D eigenvalue weighted by Gasteiger charge is 2.25. The first-order valence-electron chi connectivity index (χ1n) is 8.69. The molecule has 2 aliphatic heterocycles. The number of carbonyl (C=O) groups is 2. The zero-order chi connectivity index (χ0) is 16.9. The van der Waals surface area contributed by atoms with Crippen LogP contribution in [0.3, 0.4) is 0 Å². The first-order chi connectivity index (χ1) is 11.6. The van der Waals surface area contributed by atoms with Crippen molar-refractivity contribution in [2.24, 2.45) is 0 Å². The molecule has 2 amide bonds. The van der Waals surface area contributed by atoms with E-state index in [9.17, 15) is 9.59 Å². The van der Waals surface area contributed by atoms with Crippen LogP contribution in [0.2, 0.25) is 0 Å². The smallest absolute Gasteiger partial charge is 0.255 e. The van der Waals surface area contributed by atoms with E-state index in [0.717, 1.165) is 48.2 Å². The second kappa shape index (κ2) is 8.29. The molecule has 5 nitrogen and oxygen atoms in total. The number of amides is 2. The molecule has 2 saturated heterocycles. The number of nitrogens with zero attached hydrogens (tertiary/aromatic N) is 3. The molecular formula is C18H24IN3O2. The number of likely N-dealkylation sites (tertiary alicyclic amines) is 1. The lowest BCUT2D eigenvalue weighted by Gasteiger charge is -2.36. The van der Waals surface area contributed by atoms with Gasteiger partial charge < -0.3 is 9.80 Å². The van der Waals surface area contributed by atoms with E-state index in [2.05, 4.69) is 27.5 Å².